The maximum absolute atomic E-state index is 5.56. The van der Waals surface area contributed by atoms with Gasteiger partial charge >= 0.3 is 0 Å². The SMILES string of the molecule is CN=C(NCc1ccccc1COC)NCC(OC)C(C)(C)C.I. The van der Waals surface area contributed by atoms with Crippen LogP contribution in [0.25, 0.3) is 0 Å². The van der Waals surface area contributed by atoms with Crippen LogP contribution in [0.5, 0.6) is 0 Å². The second-order valence-corrected chi connectivity index (χ2v) is 6.60. The van der Waals surface area contributed by atoms with Crippen molar-refractivity contribution in [1.82, 2.24) is 10.6 Å². The lowest BCUT2D eigenvalue weighted by atomic mass is 9.89. The van der Waals surface area contributed by atoms with Gasteiger partial charge in [0.05, 0.1) is 12.7 Å². The second kappa shape index (κ2) is 11.7. The molecule has 0 aromatic heterocycles. The van der Waals surface area contributed by atoms with Gasteiger partial charge in [-0.15, -0.1) is 24.0 Å². The Kier molecular flexibility index (Phi) is 11.2. The molecule has 0 saturated heterocycles. The first-order valence-corrected chi connectivity index (χ1v) is 7.95. The van der Waals surface area contributed by atoms with Crippen LogP contribution in [0.2, 0.25) is 0 Å². The van der Waals surface area contributed by atoms with E-state index in [4.69, 9.17) is 9.47 Å². The van der Waals surface area contributed by atoms with E-state index in [9.17, 15) is 0 Å². The van der Waals surface area contributed by atoms with Gasteiger partial charge in [0, 0.05) is 34.4 Å². The van der Waals surface area contributed by atoms with E-state index >= 15 is 0 Å². The monoisotopic (exact) mass is 449 g/mol. The van der Waals surface area contributed by atoms with Crippen LogP contribution in [0.15, 0.2) is 29.3 Å². The molecule has 0 heterocycles. The summed E-state index contributed by atoms with van der Waals surface area (Å²) in [6.45, 7) is 8.52. The van der Waals surface area contributed by atoms with Crippen LogP contribution in [-0.2, 0) is 22.6 Å². The van der Waals surface area contributed by atoms with Crippen LogP contribution in [0, 0.1) is 5.41 Å². The zero-order valence-corrected chi connectivity index (χ0v) is 18.0. The van der Waals surface area contributed by atoms with Crippen LogP contribution in [0.3, 0.4) is 0 Å². The molecule has 1 aromatic carbocycles. The van der Waals surface area contributed by atoms with Crippen molar-refractivity contribution in [3.05, 3.63) is 35.4 Å². The minimum absolute atomic E-state index is 0. The van der Waals surface area contributed by atoms with E-state index in [0.717, 1.165) is 5.96 Å². The molecule has 1 unspecified atom stereocenters. The Hall–Kier alpha value is -0.860. The summed E-state index contributed by atoms with van der Waals surface area (Å²) in [6.07, 6.45) is 0.113. The van der Waals surface area contributed by atoms with E-state index in [2.05, 4.69) is 48.5 Å². The van der Waals surface area contributed by atoms with E-state index in [-0.39, 0.29) is 35.5 Å². The average molecular weight is 449 g/mol. The lowest BCUT2D eigenvalue weighted by Crippen LogP contribution is -2.45. The van der Waals surface area contributed by atoms with Gasteiger partial charge in [-0.1, -0.05) is 45.0 Å². The average Bonchev–Trinajstić information content (AvgIpc) is 2.51. The summed E-state index contributed by atoms with van der Waals surface area (Å²) in [5, 5.41) is 6.67. The molecule has 0 saturated carbocycles. The van der Waals surface area contributed by atoms with E-state index in [1.807, 2.05) is 12.1 Å². The molecule has 0 bridgehead atoms. The summed E-state index contributed by atoms with van der Waals surface area (Å²) in [5.74, 6) is 0.767. The van der Waals surface area contributed by atoms with Gasteiger partial charge in [-0.05, 0) is 16.5 Å². The zero-order chi connectivity index (χ0) is 17.3. The number of nitrogens with zero attached hydrogens (tertiary/aromatic N) is 1. The highest BCUT2D eigenvalue weighted by molar-refractivity contribution is 14.0. The molecule has 0 aliphatic carbocycles. The highest BCUT2D eigenvalue weighted by atomic mass is 127. The molecule has 24 heavy (non-hydrogen) atoms. The van der Waals surface area contributed by atoms with Gasteiger partial charge in [-0.3, -0.25) is 4.99 Å². The molecule has 0 fully saturated rings. The predicted molar refractivity (Wildman–Crippen MR) is 111 cm³/mol. The van der Waals surface area contributed by atoms with Crippen LogP contribution >= 0.6 is 24.0 Å². The maximum Gasteiger partial charge on any atom is 0.191 e. The van der Waals surface area contributed by atoms with Crippen molar-refractivity contribution in [2.45, 2.75) is 40.0 Å². The third-order valence-electron chi connectivity index (χ3n) is 3.79. The molecule has 1 aromatic rings. The lowest BCUT2D eigenvalue weighted by Gasteiger charge is -2.30. The first-order chi connectivity index (χ1) is 10.9. The minimum Gasteiger partial charge on any atom is -0.380 e. The van der Waals surface area contributed by atoms with Crippen molar-refractivity contribution in [3.63, 3.8) is 0 Å². The summed E-state index contributed by atoms with van der Waals surface area (Å²) in [7, 11) is 5.23. The van der Waals surface area contributed by atoms with Gasteiger partial charge in [-0.25, -0.2) is 0 Å². The zero-order valence-electron chi connectivity index (χ0n) is 15.7. The van der Waals surface area contributed by atoms with Crippen LogP contribution < -0.4 is 10.6 Å². The second-order valence-electron chi connectivity index (χ2n) is 6.60. The molecule has 0 amide bonds. The lowest BCUT2D eigenvalue weighted by molar-refractivity contribution is 0.0205. The van der Waals surface area contributed by atoms with Crippen LogP contribution in [-0.4, -0.2) is 39.9 Å². The molecule has 0 aliphatic rings. The summed E-state index contributed by atoms with van der Waals surface area (Å²) in [4.78, 5) is 4.27. The Morgan fingerprint density at radius 1 is 1.12 bits per heavy atom. The standard InChI is InChI=1S/C18H31N3O2.HI/c1-18(2,3)16(23-6)12-21-17(19-4)20-11-14-9-7-8-10-15(14)13-22-5;/h7-10,16H,11-13H2,1-6H3,(H2,19,20,21);1H. The number of methoxy groups -OCH3 is 2. The fourth-order valence-corrected chi connectivity index (χ4v) is 2.36. The van der Waals surface area contributed by atoms with Gasteiger partial charge in [0.25, 0.3) is 0 Å². The van der Waals surface area contributed by atoms with Gasteiger partial charge in [0.15, 0.2) is 5.96 Å². The Bertz CT molecular complexity index is 501. The van der Waals surface area contributed by atoms with Crippen LogP contribution in [0.1, 0.15) is 31.9 Å². The first kappa shape index (κ1) is 23.1. The molecule has 5 nitrogen and oxygen atoms in total. The molecule has 1 rings (SSSR count). The summed E-state index contributed by atoms with van der Waals surface area (Å²) in [5.41, 5.74) is 2.46. The van der Waals surface area contributed by atoms with Crippen molar-refractivity contribution in [2.24, 2.45) is 10.4 Å². The summed E-state index contributed by atoms with van der Waals surface area (Å²) >= 11 is 0. The Balaban J connectivity index is 0.00000529. The number of rotatable bonds is 7. The Morgan fingerprint density at radius 3 is 2.25 bits per heavy atom. The number of ether oxygens (including phenoxy) is 2. The molecule has 0 radical (unpaired) electrons. The number of hydrogen-bond donors (Lipinski definition) is 2. The minimum atomic E-state index is 0. The van der Waals surface area contributed by atoms with E-state index in [1.54, 1.807) is 21.3 Å². The van der Waals surface area contributed by atoms with Gasteiger partial charge < -0.3 is 20.1 Å². The van der Waals surface area contributed by atoms with Gasteiger partial charge in [0.2, 0.25) is 0 Å². The van der Waals surface area contributed by atoms with Crippen molar-refractivity contribution >= 4 is 29.9 Å². The van der Waals surface area contributed by atoms with Gasteiger partial charge in [-0.2, -0.15) is 0 Å². The third-order valence-corrected chi connectivity index (χ3v) is 3.79. The third kappa shape index (κ3) is 7.81. The fourth-order valence-electron chi connectivity index (χ4n) is 2.36. The molecule has 1 atom stereocenters. The highest BCUT2D eigenvalue weighted by Gasteiger charge is 2.24. The summed E-state index contributed by atoms with van der Waals surface area (Å²) in [6, 6.07) is 8.24. The molecular formula is C18H32IN3O2. The van der Waals surface area contributed by atoms with Crippen LogP contribution in [0.4, 0.5) is 0 Å². The molecule has 6 heteroatoms. The molecule has 2 N–H and O–H groups in total. The fraction of sp³-hybridized carbons (Fsp3) is 0.611. The Morgan fingerprint density at radius 2 is 1.75 bits per heavy atom. The van der Waals surface area contributed by atoms with Crippen molar-refractivity contribution in [2.75, 3.05) is 27.8 Å². The molecule has 138 valence electrons. The molecular weight excluding hydrogens is 417 g/mol. The van der Waals surface area contributed by atoms with E-state index < -0.39 is 0 Å². The molecule has 0 aliphatic heterocycles. The number of halogens is 1. The number of benzene rings is 1. The predicted octanol–water partition coefficient (Wildman–Crippen LogP) is 3.18. The summed E-state index contributed by atoms with van der Waals surface area (Å²) < 4.78 is 10.8. The van der Waals surface area contributed by atoms with E-state index in [1.165, 1.54) is 11.1 Å². The quantitative estimate of drug-likeness (QED) is 0.382. The number of hydrogen-bond acceptors (Lipinski definition) is 3. The van der Waals surface area contributed by atoms with Crippen molar-refractivity contribution < 1.29 is 9.47 Å². The largest absolute Gasteiger partial charge is 0.380 e. The van der Waals surface area contributed by atoms with Gasteiger partial charge in [0.1, 0.15) is 0 Å². The molecule has 0 spiro atoms. The van der Waals surface area contributed by atoms with E-state index in [0.29, 0.717) is 19.7 Å². The first-order valence-electron chi connectivity index (χ1n) is 7.95. The Labute approximate surface area is 163 Å². The topological polar surface area (TPSA) is 54.9 Å². The normalized spacial score (nSPS) is 13.2. The van der Waals surface area contributed by atoms with Crippen molar-refractivity contribution in [1.29, 1.82) is 0 Å². The van der Waals surface area contributed by atoms with Crippen molar-refractivity contribution in [3.8, 4) is 0 Å². The maximum atomic E-state index is 5.56. The number of guanidine groups is 1. The number of aliphatic imine (C=N–C) groups is 1. The number of nitrogens with one attached hydrogen (secondary N) is 2. The smallest absolute Gasteiger partial charge is 0.191 e. The highest BCUT2D eigenvalue weighted by Crippen LogP contribution is 2.20.